The first kappa shape index (κ1) is 17.4. The van der Waals surface area contributed by atoms with E-state index >= 15 is 0 Å². The average molecular weight is 323 g/mol. The number of alkyl halides is 3. The Morgan fingerprint density at radius 2 is 1.90 bits per heavy atom. The molecule has 0 aliphatic carbocycles. The van der Waals surface area contributed by atoms with Gasteiger partial charge >= 0.3 is 12.1 Å². The smallest absolute Gasteiger partial charge is 0.430 e. The average Bonchev–Trinajstić information content (AvgIpc) is 2.38. The molecule has 0 aromatic heterocycles. The Morgan fingerprint density at radius 1 is 1.33 bits per heavy atom. The number of rotatable bonds is 1. The highest BCUT2D eigenvalue weighted by atomic mass is 35.5. The van der Waals surface area contributed by atoms with Crippen LogP contribution in [0.15, 0.2) is 17.7 Å². The van der Waals surface area contributed by atoms with Crippen molar-refractivity contribution in [2.75, 3.05) is 0 Å². The van der Waals surface area contributed by atoms with Crippen molar-refractivity contribution < 1.29 is 27.8 Å². The lowest BCUT2D eigenvalue weighted by Gasteiger charge is -2.28. The number of fused-ring (bicyclic) bond motifs is 1. The number of carboxylic acid groups (broad SMARTS) is 1. The molecule has 7 heteroatoms. The normalized spacial score (nSPS) is 16.9. The summed E-state index contributed by atoms with van der Waals surface area (Å²) in [4.78, 5) is 10.9. The van der Waals surface area contributed by atoms with Gasteiger partial charge in [-0.15, -0.1) is 0 Å². The maximum atomic E-state index is 12.8. The van der Waals surface area contributed by atoms with E-state index in [1.54, 1.807) is 0 Å². The van der Waals surface area contributed by atoms with Gasteiger partial charge in [-0.3, -0.25) is 0 Å². The second-order valence-corrected chi connectivity index (χ2v) is 4.52. The van der Waals surface area contributed by atoms with Gasteiger partial charge in [0.15, 0.2) is 0 Å². The van der Waals surface area contributed by atoms with E-state index in [0.29, 0.717) is 10.6 Å². The Balaban J connectivity index is 0.00000106. The summed E-state index contributed by atoms with van der Waals surface area (Å²) in [7, 11) is 0. The molecule has 3 nitrogen and oxygen atoms in total. The molecule has 0 fully saturated rings. The number of aryl methyl sites for hydroxylation is 1. The molecule has 1 aliphatic rings. The van der Waals surface area contributed by atoms with Crippen molar-refractivity contribution in [3.63, 3.8) is 0 Å². The molecule has 0 bridgehead atoms. The Bertz CT molecular complexity index is 580. The van der Waals surface area contributed by atoms with E-state index in [1.165, 1.54) is 19.1 Å². The Kier molecular flexibility index (Phi) is 5.28. The lowest BCUT2D eigenvalue weighted by molar-refractivity contribution is -0.187. The van der Waals surface area contributed by atoms with E-state index in [9.17, 15) is 18.0 Å². The highest BCUT2D eigenvalue weighted by Gasteiger charge is 2.48. The van der Waals surface area contributed by atoms with Crippen LogP contribution in [0.4, 0.5) is 13.2 Å². The molecule has 2 rings (SSSR count). The molecule has 0 spiro atoms. The second kappa shape index (κ2) is 6.39. The Morgan fingerprint density at radius 3 is 2.38 bits per heavy atom. The molecule has 0 amide bonds. The summed E-state index contributed by atoms with van der Waals surface area (Å²) < 4.78 is 43.2. The van der Waals surface area contributed by atoms with Gasteiger partial charge in [-0.25, -0.2) is 4.79 Å². The maximum Gasteiger partial charge on any atom is 0.430 e. The van der Waals surface area contributed by atoms with Gasteiger partial charge in [-0.05, 0) is 30.7 Å². The van der Waals surface area contributed by atoms with Gasteiger partial charge in [0.1, 0.15) is 5.75 Å². The minimum Gasteiger partial charge on any atom is -0.478 e. The van der Waals surface area contributed by atoms with E-state index in [1.807, 2.05) is 13.8 Å². The Labute approximate surface area is 125 Å². The summed E-state index contributed by atoms with van der Waals surface area (Å²) in [5.74, 6) is -1.68. The second-order valence-electron chi connectivity index (χ2n) is 4.09. The predicted molar refractivity (Wildman–Crippen MR) is 73.6 cm³/mol. The summed E-state index contributed by atoms with van der Waals surface area (Å²) in [5.41, 5.74) is -0.220. The van der Waals surface area contributed by atoms with Crippen molar-refractivity contribution >= 4 is 23.6 Å². The molecule has 1 heterocycles. The predicted octanol–water partition coefficient (Wildman–Crippen LogP) is 4.47. The largest absolute Gasteiger partial charge is 0.478 e. The molecule has 1 unspecified atom stereocenters. The van der Waals surface area contributed by atoms with Crippen LogP contribution in [-0.4, -0.2) is 23.4 Å². The summed E-state index contributed by atoms with van der Waals surface area (Å²) in [5, 5.41) is 9.15. The lowest BCUT2D eigenvalue weighted by Crippen LogP contribution is -2.40. The van der Waals surface area contributed by atoms with Gasteiger partial charge in [0.05, 0.1) is 5.57 Å². The third kappa shape index (κ3) is 3.69. The first-order chi connectivity index (χ1) is 9.70. The van der Waals surface area contributed by atoms with Crippen LogP contribution in [0.5, 0.6) is 5.75 Å². The van der Waals surface area contributed by atoms with Gasteiger partial charge in [0.25, 0.3) is 0 Å². The quantitative estimate of drug-likeness (QED) is 0.830. The molecule has 0 saturated carbocycles. The number of hydrogen-bond donors (Lipinski definition) is 1. The van der Waals surface area contributed by atoms with Gasteiger partial charge in [-0.1, -0.05) is 25.4 Å². The number of ether oxygens (including phenoxy) is 1. The van der Waals surface area contributed by atoms with Crippen LogP contribution in [-0.2, 0) is 4.79 Å². The molecule has 1 aromatic rings. The molecule has 0 saturated heterocycles. The fourth-order valence-electron chi connectivity index (χ4n) is 1.87. The van der Waals surface area contributed by atoms with Crippen LogP contribution < -0.4 is 4.74 Å². The molecule has 0 radical (unpaired) electrons. The highest BCUT2D eigenvalue weighted by Crippen LogP contribution is 2.40. The molecule has 116 valence electrons. The monoisotopic (exact) mass is 322 g/mol. The highest BCUT2D eigenvalue weighted by molar-refractivity contribution is 6.30. The molecular weight excluding hydrogens is 309 g/mol. The first-order valence-electron chi connectivity index (χ1n) is 6.18. The van der Waals surface area contributed by atoms with Crippen molar-refractivity contribution in [3.05, 3.63) is 33.9 Å². The third-order valence-corrected chi connectivity index (χ3v) is 2.86. The molecule has 1 aliphatic heterocycles. The number of hydrogen-bond acceptors (Lipinski definition) is 2. The van der Waals surface area contributed by atoms with Crippen molar-refractivity contribution in [2.45, 2.75) is 33.1 Å². The van der Waals surface area contributed by atoms with Crippen molar-refractivity contribution in [1.29, 1.82) is 0 Å². The van der Waals surface area contributed by atoms with E-state index in [4.69, 9.17) is 21.4 Å². The molecule has 1 aromatic carbocycles. The topological polar surface area (TPSA) is 46.5 Å². The van der Waals surface area contributed by atoms with Gasteiger partial charge in [0.2, 0.25) is 6.10 Å². The van der Waals surface area contributed by atoms with Gasteiger partial charge in [0, 0.05) is 10.6 Å². The summed E-state index contributed by atoms with van der Waals surface area (Å²) in [6.07, 6.45) is -6.33. The van der Waals surface area contributed by atoms with Crippen molar-refractivity contribution in [1.82, 2.24) is 0 Å². The fourth-order valence-corrected chi connectivity index (χ4v) is 2.15. The molecule has 1 atom stereocenters. The molecule has 21 heavy (non-hydrogen) atoms. The minimum atomic E-state index is -4.80. The number of carboxylic acids is 1. The lowest BCUT2D eigenvalue weighted by atomic mass is 9.99. The summed E-state index contributed by atoms with van der Waals surface area (Å²) >= 11 is 5.78. The van der Waals surface area contributed by atoms with Crippen LogP contribution in [0.1, 0.15) is 25.0 Å². The number of carbonyl (C=O) groups is 1. The fraction of sp³-hybridized carbons (Fsp3) is 0.357. The van der Waals surface area contributed by atoms with Gasteiger partial charge < -0.3 is 9.84 Å². The maximum absolute atomic E-state index is 12.8. The Hall–Kier alpha value is -1.69. The minimum absolute atomic E-state index is 0.00303. The van der Waals surface area contributed by atoms with Gasteiger partial charge in [-0.2, -0.15) is 13.2 Å². The zero-order chi connectivity index (χ0) is 16.4. The van der Waals surface area contributed by atoms with Crippen molar-refractivity contribution in [2.24, 2.45) is 0 Å². The van der Waals surface area contributed by atoms with Crippen LogP contribution in [0.3, 0.4) is 0 Å². The van der Waals surface area contributed by atoms with E-state index in [-0.39, 0.29) is 11.3 Å². The van der Waals surface area contributed by atoms with Crippen LogP contribution >= 0.6 is 11.6 Å². The molecule has 1 N–H and O–H groups in total. The standard InChI is InChI=1S/C12H8ClF3O3.C2H6/c1-5-2-7(13)3-6-4-8(11(17)18)10(12(14,15)16)19-9(5)6;1-2/h2-4,10H,1H3,(H,17,18);1-2H3. The van der Waals surface area contributed by atoms with Crippen LogP contribution in [0, 0.1) is 6.92 Å². The van der Waals surface area contributed by atoms with Crippen LogP contribution in [0.2, 0.25) is 5.02 Å². The van der Waals surface area contributed by atoms with Crippen LogP contribution in [0.25, 0.3) is 6.08 Å². The van der Waals surface area contributed by atoms with Crippen molar-refractivity contribution in [3.8, 4) is 5.75 Å². The van der Waals surface area contributed by atoms with E-state index in [2.05, 4.69) is 0 Å². The zero-order valence-corrected chi connectivity index (χ0v) is 12.3. The zero-order valence-electron chi connectivity index (χ0n) is 11.6. The SMILES string of the molecule is CC.Cc1cc(Cl)cc2c1OC(C(F)(F)F)C(C(=O)O)=C2. The van der Waals surface area contributed by atoms with E-state index in [0.717, 1.165) is 6.08 Å². The number of benzene rings is 1. The first-order valence-corrected chi connectivity index (χ1v) is 6.56. The molecular formula is C14H14ClF3O3. The van der Waals surface area contributed by atoms with E-state index < -0.39 is 23.8 Å². The summed E-state index contributed by atoms with van der Waals surface area (Å²) in [6, 6.07) is 2.81. The third-order valence-electron chi connectivity index (χ3n) is 2.64. The number of aliphatic carboxylic acids is 1. The summed E-state index contributed by atoms with van der Waals surface area (Å²) in [6.45, 7) is 5.54. The number of halogens is 4.